The molecule has 0 aromatic heterocycles. The van der Waals surface area contributed by atoms with Crippen LogP contribution in [0.2, 0.25) is 0 Å². The monoisotopic (exact) mass is 390 g/mol. The third kappa shape index (κ3) is 6.29. The fourth-order valence-electron chi connectivity index (χ4n) is 2.64. The molecule has 2 aromatic carbocycles. The highest BCUT2D eigenvalue weighted by Crippen LogP contribution is 2.23. The molecule has 0 aliphatic carbocycles. The number of nitrogens with one attached hydrogen (secondary N) is 2. The Morgan fingerprint density at radius 1 is 1.15 bits per heavy atom. The molecule has 146 valence electrons. The van der Waals surface area contributed by atoms with E-state index in [0.29, 0.717) is 17.0 Å². The molecule has 0 saturated carbocycles. The van der Waals surface area contributed by atoms with Crippen LogP contribution in [0.4, 0.5) is 5.69 Å². The van der Waals surface area contributed by atoms with E-state index in [1.54, 1.807) is 37.3 Å². The van der Waals surface area contributed by atoms with Crippen molar-refractivity contribution in [3.63, 3.8) is 0 Å². The first-order chi connectivity index (χ1) is 12.8. The first-order valence-corrected chi connectivity index (χ1v) is 10.4. The molecule has 0 spiro atoms. The lowest BCUT2D eigenvalue weighted by Crippen LogP contribution is -2.36. The fourth-order valence-corrected chi connectivity index (χ4v) is 3.78. The van der Waals surface area contributed by atoms with Gasteiger partial charge in [0.25, 0.3) is 15.9 Å². The van der Waals surface area contributed by atoms with Gasteiger partial charge in [0.1, 0.15) is 5.75 Å². The van der Waals surface area contributed by atoms with Gasteiger partial charge >= 0.3 is 0 Å². The highest BCUT2D eigenvalue weighted by atomic mass is 32.2. The van der Waals surface area contributed by atoms with E-state index in [1.165, 1.54) is 12.1 Å². The third-order valence-electron chi connectivity index (χ3n) is 3.97. The van der Waals surface area contributed by atoms with Crippen molar-refractivity contribution in [2.75, 3.05) is 11.3 Å². The number of amides is 1. The van der Waals surface area contributed by atoms with Gasteiger partial charge in [0.05, 0.1) is 4.90 Å². The van der Waals surface area contributed by atoms with Crippen LogP contribution in [0, 0.1) is 6.92 Å². The molecule has 27 heavy (non-hydrogen) atoms. The average molecular weight is 391 g/mol. The van der Waals surface area contributed by atoms with E-state index in [0.717, 1.165) is 12.8 Å². The number of aryl methyl sites for hydroxylation is 1. The third-order valence-corrected chi connectivity index (χ3v) is 5.35. The number of anilines is 1. The van der Waals surface area contributed by atoms with Crippen LogP contribution in [0.15, 0.2) is 53.4 Å². The van der Waals surface area contributed by atoms with Crippen LogP contribution in [0.5, 0.6) is 5.75 Å². The molecule has 0 saturated heterocycles. The molecule has 0 radical (unpaired) electrons. The van der Waals surface area contributed by atoms with Crippen LogP contribution in [0.1, 0.15) is 32.3 Å². The summed E-state index contributed by atoms with van der Waals surface area (Å²) in [6, 6.07) is 13.3. The Hall–Kier alpha value is -2.54. The Bertz CT molecular complexity index is 867. The minimum Gasteiger partial charge on any atom is -0.484 e. The summed E-state index contributed by atoms with van der Waals surface area (Å²) in [5.41, 5.74) is 1.13. The van der Waals surface area contributed by atoms with Crippen LogP contribution in [-0.4, -0.2) is 27.0 Å². The lowest BCUT2D eigenvalue weighted by Gasteiger charge is -2.15. The van der Waals surface area contributed by atoms with Crippen molar-refractivity contribution in [3.05, 3.63) is 54.1 Å². The number of sulfonamides is 1. The highest BCUT2D eigenvalue weighted by Gasteiger charge is 2.16. The second-order valence-corrected chi connectivity index (χ2v) is 8.13. The van der Waals surface area contributed by atoms with Gasteiger partial charge in [0, 0.05) is 11.7 Å². The van der Waals surface area contributed by atoms with Gasteiger partial charge in [0.2, 0.25) is 0 Å². The van der Waals surface area contributed by atoms with Crippen LogP contribution < -0.4 is 14.8 Å². The smallest absolute Gasteiger partial charge is 0.261 e. The van der Waals surface area contributed by atoms with Crippen LogP contribution in [0.3, 0.4) is 0 Å². The highest BCUT2D eigenvalue weighted by molar-refractivity contribution is 7.92. The molecule has 6 nitrogen and oxygen atoms in total. The topological polar surface area (TPSA) is 84.5 Å². The van der Waals surface area contributed by atoms with E-state index in [-0.39, 0.29) is 23.5 Å². The Labute approximate surface area is 161 Å². The van der Waals surface area contributed by atoms with Crippen molar-refractivity contribution in [1.82, 2.24) is 5.32 Å². The maximum absolute atomic E-state index is 12.5. The van der Waals surface area contributed by atoms with Crippen molar-refractivity contribution >= 4 is 21.6 Å². The Morgan fingerprint density at radius 2 is 1.85 bits per heavy atom. The number of carbonyl (C=O) groups is 1. The summed E-state index contributed by atoms with van der Waals surface area (Å²) in [6.07, 6.45) is 1.90. The summed E-state index contributed by atoms with van der Waals surface area (Å²) in [7, 11) is -3.69. The molecule has 0 heterocycles. The number of ether oxygens (including phenoxy) is 1. The summed E-state index contributed by atoms with van der Waals surface area (Å²) in [6.45, 7) is 5.65. The number of para-hydroxylation sites is 1. The van der Waals surface area contributed by atoms with Gasteiger partial charge in [-0.3, -0.25) is 9.52 Å². The van der Waals surface area contributed by atoms with Crippen molar-refractivity contribution in [3.8, 4) is 5.75 Å². The molecule has 7 heteroatoms. The summed E-state index contributed by atoms with van der Waals surface area (Å²) >= 11 is 0. The minimum atomic E-state index is -3.69. The zero-order chi connectivity index (χ0) is 19.9. The van der Waals surface area contributed by atoms with E-state index in [1.807, 2.05) is 13.0 Å². The summed E-state index contributed by atoms with van der Waals surface area (Å²) in [4.78, 5) is 12.0. The lowest BCUT2D eigenvalue weighted by molar-refractivity contribution is -0.123. The molecule has 1 amide bonds. The normalized spacial score (nSPS) is 12.3. The van der Waals surface area contributed by atoms with Crippen molar-refractivity contribution in [2.45, 2.75) is 44.6 Å². The molecule has 2 N–H and O–H groups in total. The van der Waals surface area contributed by atoms with Gasteiger partial charge < -0.3 is 10.1 Å². The van der Waals surface area contributed by atoms with E-state index in [2.05, 4.69) is 17.0 Å². The lowest BCUT2D eigenvalue weighted by atomic mass is 10.2. The van der Waals surface area contributed by atoms with Gasteiger partial charge in [-0.25, -0.2) is 8.42 Å². The molecule has 0 fully saturated rings. The number of benzene rings is 2. The molecule has 2 aromatic rings. The molecule has 0 aliphatic heterocycles. The molecule has 0 unspecified atom stereocenters. The largest absolute Gasteiger partial charge is 0.484 e. The van der Waals surface area contributed by atoms with E-state index in [4.69, 9.17) is 4.74 Å². The first-order valence-electron chi connectivity index (χ1n) is 8.92. The SMILES string of the molecule is CCC[C@H](C)NC(=O)COc1ccc(S(=O)(=O)Nc2ccccc2)cc1C. The average Bonchev–Trinajstić information content (AvgIpc) is 2.61. The van der Waals surface area contributed by atoms with Crippen molar-refractivity contribution in [2.24, 2.45) is 0 Å². The summed E-state index contributed by atoms with van der Waals surface area (Å²) in [5, 5.41) is 2.86. The zero-order valence-corrected chi connectivity index (χ0v) is 16.7. The van der Waals surface area contributed by atoms with Crippen LogP contribution in [-0.2, 0) is 14.8 Å². The van der Waals surface area contributed by atoms with Gasteiger partial charge in [-0.1, -0.05) is 31.5 Å². The zero-order valence-electron chi connectivity index (χ0n) is 15.9. The summed E-state index contributed by atoms with van der Waals surface area (Å²) in [5.74, 6) is 0.282. The quantitative estimate of drug-likeness (QED) is 0.686. The molecular formula is C20H26N2O4S. The van der Waals surface area contributed by atoms with Crippen LogP contribution >= 0.6 is 0 Å². The molecule has 1 atom stereocenters. The Kier molecular flexibility index (Phi) is 7.24. The van der Waals surface area contributed by atoms with E-state index >= 15 is 0 Å². The number of hydrogen-bond acceptors (Lipinski definition) is 4. The number of hydrogen-bond donors (Lipinski definition) is 2. The van der Waals surface area contributed by atoms with Gasteiger partial charge in [-0.05, 0) is 56.2 Å². The first kappa shape index (κ1) is 20.8. The molecule has 2 rings (SSSR count). The van der Waals surface area contributed by atoms with Crippen molar-refractivity contribution < 1.29 is 17.9 Å². The van der Waals surface area contributed by atoms with Crippen LogP contribution in [0.25, 0.3) is 0 Å². The van der Waals surface area contributed by atoms with Gasteiger partial charge in [-0.15, -0.1) is 0 Å². The summed E-state index contributed by atoms with van der Waals surface area (Å²) < 4.78 is 33.1. The predicted octanol–water partition coefficient (Wildman–Crippen LogP) is 3.48. The predicted molar refractivity (Wildman–Crippen MR) is 106 cm³/mol. The second kappa shape index (κ2) is 9.41. The fraction of sp³-hybridized carbons (Fsp3) is 0.350. The Morgan fingerprint density at radius 3 is 2.48 bits per heavy atom. The number of carbonyl (C=O) groups excluding carboxylic acids is 1. The number of rotatable bonds is 9. The van der Waals surface area contributed by atoms with Gasteiger partial charge in [-0.2, -0.15) is 0 Å². The van der Waals surface area contributed by atoms with Gasteiger partial charge in [0.15, 0.2) is 6.61 Å². The maximum atomic E-state index is 12.5. The maximum Gasteiger partial charge on any atom is 0.261 e. The molecule has 0 bridgehead atoms. The molecular weight excluding hydrogens is 364 g/mol. The molecule has 0 aliphatic rings. The minimum absolute atomic E-state index is 0.101. The van der Waals surface area contributed by atoms with E-state index in [9.17, 15) is 13.2 Å². The van der Waals surface area contributed by atoms with E-state index < -0.39 is 10.0 Å². The Balaban J connectivity index is 2.01. The van der Waals surface area contributed by atoms with Crippen molar-refractivity contribution in [1.29, 1.82) is 0 Å². The second-order valence-electron chi connectivity index (χ2n) is 6.44. The standard InChI is InChI=1S/C20H26N2O4S/c1-4-8-16(3)21-20(23)14-26-19-12-11-18(13-15(19)2)27(24,25)22-17-9-6-5-7-10-17/h5-7,9-13,16,22H,4,8,14H2,1-3H3,(H,21,23)/t16-/m0/s1.